The second-order valence-corrected chi connectivity index (χ2v) is 6.07. The van der Waals surface area contributed by atoms with Crippen LogP contribution in [0.15, 0.2) is 47.5 Å². The molecule has 1 N–H and O–H groups in total. The first-order chi connectivity index (χ1) is 13.1. The maximum atomic E-state index is 5.40. The summed E-state index contributed by atoms with van der Waals surface area (Å²) in [7, 11) is 8.79. The van der Waals surface area contributed by atoms with E-state index in [1.54, 1.807) is 28.4 Å². The van der Waals surface area contributed by atoms with Crippen molar-refractivity contribution >= 4 is 5.96 Å². The van der Waals surface area contributed by atoms with Crippen molar-refractivity contribution in [2.75, 3.05) is 42.0 Å². The second-order valence-electron chi connectivity index (χ2n) is 6.07. The third-order valence-electron chi connectivity index (χ3n) is 4.39. The van der Waals surface area contributed by atoms with Crippen LogP contribution in [0.25, 0.3) is 0 Å². The van der Waals surface area contributed by atoms with E-state index in [4.69, 9.17) is 14.2 Å². The first-order valence-corrected chi connectivity index (χ1v) is 8.87. The SMILES string of the molecule is CN=C(NCc1ccccc1OC)N(C)CCc1ccc(OC)c(OC)c1. The number of para-hydroxylation sites is 1. The lowest BCUT2D eigenvalue weighted by Gasteiger charge is -2.22. The van der Waals surface area contributed by atoms with Gasteiger partial charge in [-0.1, -0.05) is 24.3 Å². The highest BCUT2D eigenvalue weighted by atomic mass is 16.5. The van der Waals surface area contributed by atoms with Crippen molar-refractivity contribution in [1.82, 2.24) is 10.2 Å². The molecule has 2 aromatic carbocycles. The van der Waals surface area contributed by atoms with Gasteiger partial charge < -0.3 is 24.4 Å². The highest BCUT2D eigenvalue weighted by Crippen LogP contribution is 2.27. The molecule has 0 aliphatic carbocycles. The number of benzene rings is 2. The molecule has 0 saturated carbocycles. The van der Waals surface area contributed by atoms with Gasteiger partial charge in [0.2, 0.25) is 0 Å². The average Bonchev–Trinajstić information content (AvgIpc) is 2.72. The Morgan fingerprint density at radius 3 is 2.33 bits per heavy atom. The Labute approximate surface area is 161 Å². The minimum Gasteiger partial charge on any atom is -0.496 e. The van der Waals surface area contributed by atoms with Gasteiger partial charge in [0.05, 0.1) is 21.3 Å². The number of hydrogen-bond donors (Lipinski definition) is 1. The summed E-state index contributed by atoms with van der Waals surface area (Å²) in [6.07, 6.45) is 0.867. The first kappa shape index (κ1) is 20.4. The molecule has 0 bridgehead atoms. The van der Waals surface area contributed by atoms with Crippen LogP contribution in [-0.2, 0) is 13.0 Å². The van der Waals surface area contributed by atoms with E-state index < -0.39 is 0 Å². The minimum absolute atomic E-state index is 0.650. The van der Waals surface area contributed by atoms with Gasteiger partial charge in [0.25, 0.3) is 0 Å². The number of methoxy groups -OCH3 is 3. The monoisotopic (exact) mass is 371 g/mol. The van der Waals surface area contributed by atoms with Crippen molar-refractivity contribution in [1.29, 1.82) is 0 Å². The number of guanidine groups is 1. The Hall–Kier alpha value is -2.89. The third-order valence-corrected chi connectivity index (χ3v) is 4.39. The van der Waals surface area contributed by atoms with Crippen LogP contribution in [0, 0.1) is 0 Å². The maximum absolute atomic E-state index is 5.40. The molecule has 0 aliphatic rings. The fraction of sp³-hybridized carbons (Fsp3) is 0.381. The van der Waals surface area contributed by atoms with Crippen LogP contribution < -0.4 is 19.5 Å². The second kappa shape index (κ2) is 10.3. The normalized spacial score (nSPS) is 11.1. The summed E-state index contributed by atoms with van der Waals surface area (Å²) in [5.41, 5.74) is 2.27. The van der Waals surface area contributed by atoms with Crippen molar-refractivity contribution in [3.63, 3.8) is 0 Å². The standard InChI is InChI=1S/C21H29N3O3/c1-22-21(23-15-17-8-6-7-9-18(17)25-3)24(2)13-12-16-10-11-19(26-4)20(14-16)27-5/h6-11,14H,12-13,15H2,1-5H3,(H,22,23). The lowest BCUT2D eigenvalue weighted by atomic mass is 10.1. The van der Waals surface area contributed by atoms with Crippen molar-refractivity contribution in [2.24, 2.45) is 4.99 Å². The molecule has 0 aliphatic heterocycles. The molecule has 6 heteroatoms. The summed E-state index contributed by atoms with van der Waals surface area (Å²) >= 11 is 0. The highest BCUT2D eigenvalue weighted by Gasteiger charge is 2.09. The fourth-order valence-electron chi connectivity index (χ4n) is 2.85. The van der Waals surface area contributed by atoms with E-state index in [1.165, 1.54) is 5.56 Å². The molecule has 27 heavy (non-hydrogen) atoms. The number of likely N-dealkylation sites (N-methyl/N-ethyl adjacent to an activating group) is 1. The predicted octanol–water partition coefficient (Wildman–Crippen LogP) is 2.96. The quantitative estimate of drug-likeness (QED) is 0.571. The van der Waals surface area contributed by atoms with Crippen molar-refractivity contribution in [2.45, 2.75) is 13.0 Å². The summed E-state index contributed by atoms with van der Waals surface area (Å²) in [4.78, 5) is 6.48. The van der Waals surface area contributed by atoms with Gasteiger partial charge in [-0.2, -0.15) is 0 Å². The molecule has 0 unspecified atom stereocenters. The zero-order chi connectivity index (χ0) is 19.6. The number of rotatable bonds is 8. The summed E-state index contributed by atoms with van der Waals surface area (Å²) in [6.45, 7) is 1.47. The molecule has 0 atom stereocenters. The molecule has 2 aromatic rings. The largest absolute Gasteiger partial charge is 0.496 e. The van der Waals surface area contributed by atoms with E-state index in [2.05, 4.69) is 21.3 Å². The van der Waals surface area contributed by atoms with E-state index in [-0.39, 0.29) is 0 Å². The van der Waals surface area contributed by atoms with E-state index in [0.29, 0.717) is 6.54 Å². The lowest BCUT2D eigenvalue weighted by Crippen LogP contribution is -2.39. The summed E-state index contributed by atoms with van der Waals surface area (Å²) in [5, 5.41) is 3.39. The van der Waals surface area contributed by atoms with E-state index in [9.17, 15) is 0 Å². The van der Waals surface area contributed by atoms with E-state index >= 15 is 0 Å². The van der Waals surface area contributed by atoms with Crippen LogP contribution in [0.3, 0.4) is 0 Å². The van der Waals surface area contributed by atoms with Gasteiger partial charge in [0.15, 0.2) is 17.5 Å². The average molecular weight is 371 g/mol. The molecule has 0 amide bonds. The third kappa shape index (κ3) is 5.54. The molecule has 0 radical (unpaired) electrons. The van der Waals surface area contributed by atoms with Gasteiger partial charge in [-0.25, -0.2) is 0 Å². The number of aliphatic imine (C=N–C) groups is 1. The number of nitrogens with zero attached hydrogens (tertiary/aromatic N) is 2. The van der Waals surface area contributed by atoms with Crippen molar-refractivity contribution in [3.8, 4) is 17.2 Å². The summed E-state index contributed by atoms with van der Waals surface area (Å²) in [6, 6.07) is 14.0. The Morgan fingerprint density at radius 1 is 0.963 bits per heavy atom. The molecule has 0 aromatic heterocycles. The van der Waals surface area contributed by atoms with Gasteiger partial charge in [0.1, 0.15) is 5.75 Å². The van der Waals surface area contributed by atoms with Crippen LogP contribution >= 0.6 is 0 Å². The van der Waals surface area contributed by atoms with Gasteiger partial charge in [-0.05, 0) is 30.2 Å². The molecular weight excluding hydrogens is 342 g/mol. The number of ether oxygens (including phenoxy) is 3. The first-order valence-electron chi connectivity index (χ1n) is 8.87. The molecule has 0 spiro atoms. The molecule has 0 saturated heterocycles. The Kier molecular flexibility index (Phi) is 7.79. The summed E-state index contributed by atoms with van der Waals surface area (Å²) < 4.78 is 16.1. The van der Waals surface area contributed by atoms with Gasteiger partial charge in [-0.15, -0.1) is 0 Å². The molecule has 146 valence electrons. The molecule has 6 nitrogen and oxygen atoms in total. The molecule has 0 fully saturated rings. The van der Waals surface area contributed by atoms with Crippen LogP contribution in [-0.4, -0.2) is 52.8 Å². The summed E-state index contributed by atoms with van der Waals surface area (Å²) in [5.74, 6) is 3.19. The van der Waals surface area contributed by atoms with Crippen LogP contribution in [0.4, 0.5) is 0 Å². The van der Waals surface area contributed by atoms with Crippen molar-refractivity contribution in [3.05, 3.63) is 53.6 Å². The fourth-order valence-corrected chi connectivity index (χ4v) is 2.85. The topological polar surface area (TPSA) is 55.3 Å². The Bertz CT molecular complexity index is 762. The zero-order valence-corrected chi connectivity index (χ0v) is 16.8. The van der Waals surface area contributed by atoms with Crippen LogP contribution in [0.2, 0.25) is 0 Å². The molecular formula is C21H29N3O3. The number of hydrogen-bond acceptors (Lipinski definition) is 4. The van der Waals surface area contributed by atoms with Gasteiger partial charge >= 0.3 is 0 Å². The number of nitrogens with one attached hydrogen (secondary N) is 1. The van der Waals surface area contributed by atoms with Crippen LogP contribution in [0.5, 0.6) is 17.2 Å². The van der Waals surface area contributed by atoms with E-state index in [1.807, 2.05) is 43.4 Å². The zero-order valence-electron chi connectivity index (χ0n) is 16.8. The maximum Gasteiger partial charge on any atom is 0.193 e. The molecule has 0 heterocycles. The molecule has 2 rings (SSSR count). The predicted molar refractivity (Wildman–Crippen MR) is 109 cm³/mol. The van der Waals surface area contributed by atoms with Gasteiger partial charge in [0, 0.05) is 32.7 Å². The Morgan fingerprint density at radius 2 is 1.67 bits per heavy atom. The van der Waals surface area contributed by atoms with Gasteiger partial charge in [-0.3, -0.25) is 4.99 Å². The minimum atomic E-state index is 0.650. The highest BCUT2D eigenvalue weighted by molar-refractivity contribution is 5.79. The lowest BCUT2D eigenvalue weighted by molar-refractivity contribution is 0.354. The van der Waals surface area contributed by atoms with Crippen molar-refractivity contribution < 1.29 is 14.2 Å². The Balaban J connectivity index is 1.94. The van der Waals surface area contributed by atoms with Crippen LogP contribution in [0.1, 0.15) is 11.1 Å². The smallest absolute Gasteiger partial charge is 0.193 e. The van der Waals surface area contributed by atoms with E-state index in [0.717, 1.165) is 41.7 Å².